The molecule has 1 aromatic carbocycles. The molecule has 0 heterocycles. The fraction of sp³-hybridized carbons (Fsp3) is 0.368. The molecule has 1 aromatic rings. The first-order valence-corrected chi connectivity index (χ1v) is 9.00. The molecule has 0 aromatic heterocycles. The van der Waals surface area contributed by atoms with Crippen LogP contribution in [0.25, 0.3) is 0 Å². The first-order chi connectivity index (χ1) is 14.0. The minimum Gasteiger partial charge on any atom is -0.483 e. The van der Waals surface area contributed by atoms with E-state index in [2.05, 4.69) is 10.6 Å². The van der Waals surface area contributed by atoms with E-state index in [-0.39, 0.29) is 36.2 Å². The summed E-state index contributed by atoms with van der Waals surface area (Å²) in [4.78, 5) is 24.6. The predicted molar refractivity (Wildman–Crippen MR) is 109 cm³/mol. The van der Waals surface area contributed by atoms with E-state index < -0.39 is 5.91 Å². The van der Waals surface area contributed by atoms with Crippen molar-refractivity contribution in [2.24, 2.45) is 17.2 Å². The van der Waals surface area contributed by atoms with Gasteiger partial charge < -0.3 is 42.0 Å². The fourth-order valence-electron chi connectivity index (χ4n) is 2.05. The van der Waals surface area contributed by atoms with E-state index in [1.165, 1.54) is 19.3 Å². The number of hydrogen-bond donors (Lipinski definition) is 5. The van der Waals surface area contributed by atoms with Gasteiger partial charge in [-0.25, -0.2) is 0 Å². The van der Waals surface area contributed by atoms with Gasteiger partial charge in [-0.3, -0.25) is 9.59 Å². The molecule has 0 unspecified atom stereocenters. The van der Waals surface area contributed by atoms with E-state index in [0.29, 0.717) is 32.1 Å². The molecule has 0 saturated carbocycles. The molecule has 0 saturated heterocycles. The average Bonchev–Trinajstić information content (AvgIpc) is 2.71. The summed E-state index contributed by atoms with van der Waals surface area (Å²) >= 11 is 0. The Labute approximate surface area is 170 Å². The Morgan fingerprint density at radius 1 is 1.03 bits per heavy atom. The molecule has 0 aliphatic rings. The number of benzene rings is 1. The highest BCUT2D eigenvalue weighted by Gasteiger charge is 2.13. The number of nitrogens with one attached hydrogen (secondary N) is 2. The smallest absolute Gasteiger partial charge is 0.258 e. The van der Waals surface area contributed by atoms with Gasteiger partial charge in [-0.2, -0.15) is 0 Å². The van der Waals surface area contributed by atoms with Crippen molar-refractivity contribution in [1.29, 1.82) is 0 Å². The molecular weight excluding hydrogens is 378 g/mol. The van der Waals surface area contributed by atoms with Crippen LogP contribution in [0.15, 0.2) is 48.1 Å². The van der Waals surface area contributed by atoms with E-state index in [1.54, 1.807) is 24.3 Å². The summed E-state index contributed by atoms with van der Waals surface area (Å²) < 4.78 is 15.3. The van der Waals surface area contributed by atoms with Crippen molar-refractivity contribution < 1.29 is 23.8 Å². The van der Waals surface area contributed by atoms with Gasteiger partial charge in [0.15, 0.2) is 5.88 Å². The summed E-state index contributed by atoms with van der Waals surface area (Å²) in [5.74, 6) is -0.552. The highest BCUT2D eigenvalue weighted by atomic mass is 16.5. The number of carbonyl (C=O) groups is 2. The summed E-state index contributed by atoms with van der Waals surface area (Å²) in [6, 6.07) is 6.58. The number of para-hydroxylation sites is 1. The first-order valence-electron chi connectivity index (χ1n) is 9.00. The third-order valence-electron chi connectivity index (χ3n) is 3.47. The van der Waals surface area contributed by atoms with Crippen molar-refractivity contribution in [2.75, 3.05) is 45.4 Å². The van der Waals surface area contributed by atoms with Crippen molar-refractivity contribution in [3.05, 3.63) is 53.7 Å². The van der Waals surface area contributed by atoms with Crippen LogP contribution in [-0.2, 0) is 19.0 Å². The molecule has 0 bridgehead atoms. The van der Waals surface area contributed by atoms with E-state index in [9.17, 15) is 9.59 Å². The van der Waals surface area contributed by atoms with Gasteiger partial charge in [-0.05, 0) is 18.2 Å². The summed E-state index contributed by atoms with van der Waals surface area (Å²) in [6.45, 7) is 1.95. The fourth-order valence-corrected chi connectivity index (χ4v) is 2.05. The third-order valence-corrected chi connectivity index (χ3v) is 3.47. The highest BCUT2D eigenvalue weighted by Crippen LogP contribution is 2.15. The quantitative estimate of drug-likeness (QED) is 0.173. The second-order valence-electron chi connectivity index (χ2n) is 5.71. The maximum Gasteiger partial charge on any atom is 0.258 e. The number of amides is 2. The SMILES string of the molecule is CO/C(N)=C/C=C(\N)NC(=O)c1ccccc1NC(=O)CCOCCOCCN. The number of allylic oxidation sites excluding steroid dienone is 2. The Hall–Kier alpha value is -3.08. The predicted octanol–water partition coefficient (Wildman–Crippen LogP) is -0.0165. The van der Waals surface area contributed by atoms with Gasteiger partial charge in [0, 0.05) is 12.6 Å². The van der Waals surface area contributed by atoms with Gasteiger partial charge in [-0.1, -0.05) is 12.1 Å². The average molecular weight is 407 g/mol. The van der Waals surface area contributed by atoms with Crippen LogP contribution in [-0.4, -0.2) is 51.9 Å². The second-order valence-corrected chi connectivity index (χ2v) is 5.71. The lowest BCUT2D eigenvalue weighted by atomic mass is 10.1. The molecule has 0 spiro atoms. The molecule has 10 heteroatoms. The number of carbonyl (C=O) groups excluding carboxylic acids is 2. The highest BCUT2D eigenvalue weighted by molar-refractivity contribution is 6.04. The molecular formula is C19H29N5O5. The Balaban J connectivity index is 2.56. The third kappa shape index (κ3) is 10.1. The molecule has 160 valence electrons. The van der Waals surface area contributed by atoms with Crippen LogP contribution in [0.2, 0.25) is 0 Å². The zero-order chi connectivity index (χ0) is 21.5. The molecule has 0 atom stereocenters. The minimum atomic E-state index is -0.479. The second kappa shape index (κ2) is 14.0. The van der Waals surface area contributed by atoms with E-state index in [1.807, 2.05) is 0 Å². The molecule has 0 aliphatic heterocycles. The minimum absolute atomic E-state index is 0.0707. The zero-order valence-corrected chi connectivity index (χ0v) is 16.5. The summed E-state index contributed by atoms with van der Waals surface area (Å²) in [5.41, 5.74) is 17.2. The Bertz CT molecular complexity index is 721. The Kier molecular flexibility index (Phi) is 11.6. The lowest BCUT2D eigenvalue weighted by Gasteiger charge is -2.11. The maximum absolute atomic E-state index is 12.4. The van der Waals surface area contributed by atoms with E-state index in [0.717, 1.165) is 0 Å². The van der Waals surface area contributed by atoms with Crippen molar-refractivity contribution in [3.63, 3.8) is 0 Å². The number of ether oxygens (including phenoxy) is 3. The van der Waals surface area contributed by atoms with E-state index in [4.69, 9.17) is 31.4 Å². The van der Waals surface area contributed by atoms with Crippen LogP contribution >= 0.6 is 0 Å². The molecule has 0 radical (unpaired) electrons. The molecule has 1 rings (SSSR count). The van der Waals surface area contributed by atoms with Gasteiger partial charge in [-0.15, -0.1) is 0 Å². The van der Waals surface area contributed by atoms with Crippen LogP contribution in [0.5, 0.6) is 0 Å². The van der Waals surface area contributed by atoms with Gasteiger partial charge in [0.05, 0.1) is 51.2 Å². The lowest BCUT2D eigenvalue weighted by molar-refractivity contribution is -0.117. The molecule has 2 amide bonds. The number of hydrogen-bond acceptors (Lipinski definition) is 8. The van der Waals surface area contributed by atoms with Crippen LogP contribution in [0.1, 0.15) is 16.8 Å². The lowest BCUT2D eigenvalue weighted by Crippen LogP contribution is -2.28. The van der Waals surface area contributed by atoms with Crippen molar-refractivity contribution in [1.82, 2.24) is 5.32 Å². The van der Waals surface area contributed by atoms with Gasteiger partial charge in [0.25, 0.3) is 5.91 Å². The number of anilines is 1. The monoisotopic (exact) mass is 407 g/mol. The van der Waals surface area contributed by atoms with Gasteiger partial charge >= 0.3 is 0 Å². The number of nitrogens with two attached hydrogens (primary N) is 3. The first kappa shape index (κ1) is 24.0. The summed E-state index contributed by atoms with van der Waals surface area (Å²) in [5, 5.41) is 5.21. The van der Waals surface area contributed by atoms with E-state index >= 15 is 0 Å². The summed E-state index contributed by atoms with van der Waals surface area (Å²) in [6.07, 6.45) is 2.94. The standard InChI is InChI=1S/C19H29N5O5/c1-27-17(22)7-6-16(21)24-19(26)14-4-2-3-5-15(14)23-18(25)8-10-28-12-13-29-11-9-20/h2-7H,8-13,20-22H2,1H3,(H,23,25)(H,24,26)/b16-6+,17-7+. The zero-order valence-electron chi connectivity index (χ0n) is 16.5. The molecule has 0 fully saturated rings. The Morgan fingerprint density at radius 3 is 2.41 bits per heavy atom. The molecule has 29 heavy (non-hydrogen) atoms. The number of methoxy groups -OCH3 is 1. The van der Waals surface area contributed by atoms with Crippen molar-refractivity contribution in [3.8, 4) is 0 Å². The largest absolute Gasteiger partial charge is 0.483 e. The van der Waals surface area contributed by atoms with Crippen LogP contribution in [0.4, 0.5) is 5.69 Å². The molecule has 10 nitrogen and oxygen atoms in total. The van der Waals surface area contributed by atoms with Gasteiger partial charge in [0.2, 0.25) is 5.91 Å². The molecule has 0 aliphatic carbocycles. The van der Waals surface area contributed by atoms with Gasteiger partial charge in [0.1, 0.15) is 5.82 Å². The van der Waals surface area contributed by atoms with Crippen LogP contribution in [0, 0.1) is 0 Å². The van der Waals surface area contributed by atoms with Crippen molar-refractivity contribution >= 4 is 17.5 Å². The Morgan fingerprint density at radius 2 is 1.72 bits per heavy atom. The topological polar surface area (TPSA) is 164 Å². The van der Waals surface area contributed by atoms with Crippen LogP contribution in [0.3, 0.4) is 0 Å². The van der Waals surface area contributed by atoms with Crippen molar-refractivity contribution in [2.45, 2.75) is 6.42 Å². The maximum atomic E-state index is 12.4. The normalized spacial score (nSPS) is 11.8. The number of rotatable bonds is 13. The molecule has 8 N–H and O–H groups in total. The van der Waals surface area contributed by atoms with Crippen LogP contribution < -0.4 is 27.8 Å². The summed E-state index contributed by atoms with van der Waals surface area (Å²) in [7, 11) is 1.41.